The maximum atomic E-state index is 12.3. The van der Waals surface area contributed by atoms with Crippen LogP contribution in [0.15, 0.2) is 73.1 Å². The van der Waals surface area contributed by atoms with Crippen LogP contribution >= 0.6 is 0 Å². The second-order valence-electron chi connectivity index (χ2n) is 6.44. The zero-order valence-corrected chi connectivity index (χ0v) is 16.5. The second-order valence-corrected chi connectivity index (χ2v) is 6.44. The molecule has 30 heavy (non-hydrogen) atoms. The van der Waals surface area contributed by atoms with Crippen LogP contribution in [0.25, 0.3) is 6.08 Å². The fourth-order valence-corrected chi connectivity index (χ4v) is 2.62. The number of nitrogens with zero attached hydrogens (tertiary/aromatic N) is 1. The summed E-state index contributed by atoms with van der Waals surface area (Å²) in [5, 5.41) is 5.56. The van der Waals surface area contributed by atoms with Crippen molar-refractivity contribution in [1.29, 1.82) is 0 Å². The minimum Gasteiger partial charge on any atom is -0.497 e. The Kier molecular flexibility index (Phi) is 6.78. The van der Waals surface area contributed by atoms with Crippen molar-refractivity contribution in [3.8, 4) is 5.75 Å². The van der Waals surface area contributed by atoms with E-state index in [1.807, 2.05) is 24.3 Å². The molecule has 0 saturated carbocycles. The van der Waals surface area contributed by atoms with E-state index in [-0.39, 0.29) is 11.8 Å². The summed E-state index contributed by atoms with van der Waals surface area (Å²) in [7, 11) is 1.61. The minimum atomic E-state index is -0.272. The maximum Gasteiger partial charge on any atom is 0.255 e. The third-order valence-corrected chi connectivity index (χ3v) is 4.33. The van der Waals surface area contributed by atoms with Gasteiger partial charge in [0.1, 0.15) is 5.75 Å². The zero-order valence-electron chi connectivity index (χ0n) is 16.5. The molecule has 1 heterocycles. The first-order chi connectivity index (χ1) is 14.5. The van der Waals surface area contributed by atoms with E-state index in [2.05, 4.69) is 15.6 Å². The molecule has 0 bridgehead atoms. The Bertz CT molecular complexity index is 1040. The first-order valence-electron chi connectivity index (χ1n) is 9.25. The van der Waals surface area contributed by atoms with E-state index in [0.29, 0.717) is 23.5 Å². The summed E-state index contributed by atoms with van der Waals surface area (Å²) < 4.78 is 5.10. The average Bonchev–Trinajstić information content (AvgIpc) is 2.78. The summed E-state index contributed by atoms with van der Waals surface area (Å²) in [5.41, 5.74) is 8.95. The molecule has 3 aromatic rings. The highest BCUT2D eigenvalue weighted by Gasteiger charge is 2.08. The Balaban J connectivity index is 1.51. The summed E-state index contributed by atoms with van der Waals surface area (Å²) in [4.78, 5) is 28.2. The number of amides is 2. The Morgan fingerprint density at radius 1 is 1.07 bits per heavy atom. The van der Waals surface area contributed by atoms with E-state index in [1.165, 1.54) is 12.3 Å². The van der Waals surface area contributed by atoms with Gasteiger partial charge in [0.15, 0.2) is 0 Å². The topological polar surface area (TPSA) is 106 Å². The molecule has 0 spiro atoms. The third kappa shape index (κ3) is 5.68. The molecular formula is C23H22N4O3. The minimum absolute atomic E-state index is 0.208. The van der Waals surface area contributed by atoms with E-state index in [4.69, 9.17) is 10.5 Å². The predicted octanol–water partition coefficient (Wildman–Crippen LogP) is 3.25. The number of carbonyl (C=O) groups is 2. The molecule has 0 radical (unpaired) electrons. The molecule has 2 aromatic carbocycles. The number of aromatic nitrogens is 1. The molecule has 7 heteroatoms. The highest BCUT2D eigenvalue weighted by molar-refractivity contribution is 6.05. The Labute approximate surface area is 174 Å². The number of carbonyl (C=O) groups excluding carboxylic acids is 2. The number of methoxy groups -OCH3 is 1. The number of hydrogen-bond donors (Lipinski definition) is 3. The van der Waals surface area contributed by atoms with Gasteiger partial charge >= 0.3 is 0 Å². The van der Waals surface area contributed by atoms with Crippen LogP contribution in [0.1, 0.15) is 21.5 Å². The molecule has 0 aliphatic rings. The van der Waals surface area contributed by atoms with Gasteiger partial charge in [-0.25, -0.2) is 0 Å². The van der Waals surface area contributed by atoms with Crippen molar-refractivity contribution in [1.82, 2.24) is 10.3 Å². The van der Waals surface area contributed by atoms with E-state index >= 15 is 0 Å². The highest BCUT2D eigenvalue weighted by atomic mass is 16.5. The van der Waals surface area contributed by atoms with Gasteiger partial charge in [-0.15, -0.1) is 0 Å². The number of rotatable bonds is 7. The van der Waals surface area contributed by atoms with Crippen LogP contribution in [0.2, 0.25) is 0 Å². The van der Waals surface area contributed by atoms with Crippen molar-refractivity contribution < 1.29 is 14.3 Å². The SMILES string of the molecule is COc1ccc(/C=C/C(=O)NCc2ccc(C(=O)Nc3ccncc3N)cc2)cc1. The van der Waals surface area contributed by atoms with Gasteiger partial charge in [0.25, 0.3) is 5.91 Å². The van der Waals surface area contributed by atoms with Gasteiger partial charge in [0.05, 0.1) is 24.7 Å². The maximum absolute atomic E-state index is 12.3. The van der Waals surface area contributed by atoms with E-state index in [1.54, 1.807) is 49.7 Å². The standard InChI is InChI=1S/C23H22N4O3/c1-30-19-9-4-16(5-10-19)6-11-22(28)26-14-17-2-7-18(8-3-17)23(29)27-21-12-13-25-15-20(21)24/h2-13,15H,14,24H2,1H3,(H,26,28)(H,25,27,29)/b11-6+. The van der Waals surface area contributed by atoms with Gasteiger partial charge < -0.3 is 21.1 Å². The number of nitrogens with one attached hydrogen (secondary N) is 2. The van der Waals surface area contributed by atoms with E-state index in [0.717, 1.165) is 16.9 Å². The molecular weight excluding hydrogens is 380 g/mol. The number of hydrogen-bond acceptors (Lipinski definition) is 5. The Morgan fingerprint density at radius 3 is 2.47 bits per heavy atom. The molecule has 0 aliphatic carbocycles. The third-order valence-electron chi connectivity index (χ3n) is 4.33. The van der Waals surface area contributed by atoms with Gasteiger partial charge in [-0.2, -0.15) is 0 Å². The molecule has 4 N–H and O–H groups in total. The monoisotopic (exact) mass is 402 g/mol. The summed E-state index contributed by atoms with van der Waals surface area (Å²) in [6.45, 7) is 0.352. The lowest BCUT2D eigenvalue weighted by Gasteiger charge is -2.08. The van der Waals surface area contributed by atoms with Crippen LogP contribution in [0.4, 0.5) is 11.4 Å². The second kappa shape index (κ2) is 9.88. The molecule has 3 rings (SSSR count). The van der Waals surface area contributed by atoms with Gasteiger partial charge in [-0.05, 0) is 47.5 Å². The molecule has 7 nitrogen and oxygen atoms in total. The largest absolute Gasteiger partial charge is 0.497 e. The number of nitrogen functional groups attached to an aromatic ring is 1. The zero-order chi connectivity index (χ0) is 21.3. The molecule has 0 saturated heterocycles. The first kappa shape index (κ1) is 20.6. The summed E-state index contributed by atoms with van der Waals surface area (Å²) in [6, 6.07) is 16.0. The molecule has 2 amide bonds. The quantitative estimate of drug-likeness (QED) is 0.526. The van der Waals surface area contributed by atoms with Crippen LogP contribution < -0.4 is 21.1 Å². The van der Waals surface area contributed by atoms with Crippen molar-refractivity contribution in [2.75, 3.05) is 18.2 Å². The van der Waals surface area contributed by atoms with Crippen molar-refractivity contribution >= 4 is 29.3 Å². The number of benzene rings is 2. The number of ether oxygens (including phenoxy) is 1. The fourth-order valence-electron chi connectivity index (χ4n) is 2.62. The number of pyridine rings is 1. The summed E-state index contributed by atoms with van der Waals surface area (Å²) >= 11 is 0. The van der Waals surface area contributed by atoms with E-state index in [9.17, 15) is 9.59 Å². The number of nitrogens with two attached hydrogens (primary N) is 1. The normalized spacial score (nSPS) is 10.6. The lowest BCUT2D eigenvalue weighted by Crippen LogP contribution is -2.20. The molecule has 0 aliphatic heterocycles. The van der Waals surface area contributed by atoms with Crippen molar-refractivity contribution in [2.24, 2.45) is 0 Å². The Morgan fingerprint density at radius 2 is 1.80 bits per heavy atom. The van der Waals surface area contributed by atoms with Crippen LogP contribution in [0.5, 0.6) is 5.75 Å². The first-order valence-corrected chi connectivity index (χ1v) is 9.25. The number of anilines is 2. The summed E-state index contributed by atoms with van der Waals surface area (Å²) in [5.74, 6) is 0.282. The van der Waals surface area contributed by atoms with Gasteiger partial charge in [0.2, 0.25) is 5.91 Å². The lowest BCUT2D eigenvalue weighted by atomic mass is 10.1. The van der Waals surface area contributed by atoms with Crippen molar-refractivity contribution in [2.45, 2.75) is 6.54 Å². The predicted molar refractivity (Wildman–Crippen MR) is 117 cm³/mol. The lowest BCUT2D eigenvalue weighted by molar-refractivity contribution is -0.116. The highest BCUT2D eigenvalue weighted by Crippen LogP contribution is 2.17. The Hall–Kier alpha value is -4.13. The van der Waals surface area contributed by atoms with Crippen molar-refractivity contribution in [3.63, 3.8) is 0 Å². The van der Waals surface area contributed by atoms with Gasteiger partial charge in [-0.1, -0.05) is 24.3 Å². The molecule has 0 atom stereocenters. The van der Waals surface area contributed by atoms with Gasteiger partial charge in [-0.3, -0.25) is 14.6 Å². The van der Waals surface area contributed by atoms with Gasteiger partial charge in [0, 0.05) is 24.4 Å². The van der Waals surface area contributed by atoms with Crippen molar-refractivity contribution in [3.05, 3.63) is 89.8 Å². The van der Waals surface area contributed by atoms with Crippen LogP contribution in [-0.4, -0.2) is 23.9 Å². The smallest absolute Gasteiger partial charge is 0.255 e. The molecule has 152 valence electrons. The summed E-state index contributed by atoms with van der Waals surface area (Å²) in [6.07, 6.45) is 6.24. The van der Waals surface area contributed by atoms with Crippen LogP contribution in [0.3, 0.4) is 0 Å². The molecule has 0 unspecified atom stereocenters. The van der Waals surface area contributed by atoms with E-state index < -0.39 is 0 Å². The molecule has 0 fully saturated rings. The molecule has 1 aromatic heterocycles. The fraction of sp³-hybridized carbons (Fsp3) is 0.0870. The van der Waals surface area contributed by atoms with Crippen LogP contribution in [0, 0.1) is 0 Å². The van der Waals surface area contributed by atoms with Crippen LogP contribution in [-0.2, 0) is 11.3 Å². The average molecular weight is 402 g/mol.